The van der Waals surface area contributed by atoms with Crippen LogP contribution < -0.4 is 15.4 Å². The van der Waals surface area contributed by atoms with Crippen LogP contribution in [0.4, 0.5) is 5.69 Å². The average Bonchev–Trinajstić information content (AvgIpc) is 2.77. The summed E-state index contributed by atoms with van der Waals surface area (Å²) in [6.45, 7) is 4.74. The second kappa shape index (κ2) is 14.2. The van der Waals surface area contributed by atoms with Gasteiger partial charge in [0.2, 0.25) is 11.8 Å². The molecule has 0 aliphatic heterocycles. The van der Waals surface area contributed by atoms with Gasteiger partial charge >= 0.3 is 0 Å². The first-order chi connectivity index (χ1) is 15.1. The molecule has 2 amide bonds. The van der Waals surface area contributed by atoms with Gasteiger partial charge in [-0.2, -0.15) is 0 Å². The summed E-state index contributed by atoms with van der Waals surface area (Å²) in [5.74, 6) is 0.691. The first-order valence-electron chi connectivity index (χ1n) is 11.4. The standard InChI is InChI=1S/C26H36N2O3/c1-3-4-5-7-11-21(2)27-25(29)14-10-15-26(30)28-23-16-18-24(19-17-23)31-20-22-12-8-6-9-13-22/h6,8-9,12-13,16-19,21H,3-5,7,10-11,14-15,20H2,1-2H3,(H,27,29)(H,28,30). The molecule has 5 heteroatoms. The van der Waals surface area contributed by atoms with Crippen molar-refractivity contribution in [2.75, 3.05) is 5.32 Å². The minimum absolute atomic E-state index is 0.0238. The minimum atomic E-state index is -0.0848. The molecule has 1 atom stereocenters. The SMILES string of the molecule is CCCCCCC(C)NC(=O)CCCC(=O)Nc1ccc(OCc2ccccc2)cc1. The van der Waals surface area contributed by atoms with Gasteiger partial charge in [-0.25, -0.2) is 0 Å². The molecule has 0 radical (unpaired) electrons. The summed E-state index contributed by atoms with van der Waals surface area (Å²) < 4.78 is 5.75. The third kappa shape index (κ3) is 10.7. The van der Waals surface area contributed by atoms with Crippen LogP contribution in [0, 0.1) is 0 Å². The number of amides is 2. The summed E-state index contributed by atoms with van der Waals surface area (Å²) in [6, 6.07) is 17.5. The van der Waals surface area contributed by atoms with Gasteiger partial charge in [0.15, 0.2) is 0 Å². The lowest BCUT2D eigenvalue weighted by Gasteiger charge is -2.13. The molecule has 5 nitrogen and oxygen atoms in total. The molecule has 0 aliphatic rings. The maximum Gasteiger partial charge on any atom is 0.224 e. The molecule has 0 aromatic heterocycles. The molecular formula is C26H36N2O3. The minimum Gasteiger partial charge on any atom is -0.489 e. The van der Waals surface area contributed by atoms with Gasteiger partial charge in [-0.05, 0) is 49.6 Å². The van der Waals surface area contributed by atoms with Crippen molar-refractivity contribution in [2.45, 2.75) is 77.9 Å². The van der Waals surface area contributed by atoms with Crippen molar-refractivity contribution in [3.05, 3.63) is 60.2 Å². The molecule has 0 saturated carbocycles. The Bertz CT molecular complexity index is 775. The molecule has 2 aromatic carbocycles. The van der Waals surface area contributed by atoms with Crippen molar-refractivity contribution in [3.63, 3.8) is 0 Å². The molecule has 0 fully saturated rings. The van der Waals surface area contributed by atoms with Gasteiger partial charge in [0.25, 0.3) is 0 Å². The van der Waals surface area contributed by atoms with Crippen LogP contribution in [0.5, 0.6) is 5.75 Å². The maximum absolute atomic E-state index is 12.1. The monoisotopic (exact) mass is 424 g/mol. The Balaban J connectivity index is 1.60. The van der Waals surface area contributed by atoms with Crippen molar-refractivity contribution in [2.24, 2.45) is 0 Å². The number of nitrogens with one attached hydrogen (secondary N) is 2. The number of benzene rings is 2. The van der Waals surface area contributed by atoms with E-state index in [1.54, 1.807) is 0 Å². The van der Waals surface area contributed by atoms with E-state index in [4.69, 9.17) is 4.74 Å². The van der Waals surface area contributed by atoms with Crippen molar-refractivity contribution in [1.82, 2.24) is 5.32 Å². The van der Waals surface area contributed by atoms with E-state index in [2.05, 4.69) is 17.6 Å². The number of carbonyl (C=O) groups is 2. The third-order valence-corrected chi connectivity index (χ3v) is 5.09. The Labute approximate surface area is 186 Å². The predicted octanol–water partition coefficient (Wildman–Crippen LogP) is 5.85. The van der Waals surface area contributed by atoms with Gasteiger partial charge in [0.1, 0.15) is 12.4 Å². The van der Waals surface area contributed by atoms with Crippen molar-refractivity contribution in [3.8, 4) is 5.75 Å². The fourth-order valence-corrected chi connectivity index (χ4v) is 3.30. The zero-order chi connectivity index (χ0) is 22.3. The van der Waals surface area contributed by atoms with Crippen LogP contribution in [0.1, 0.15) is 70.8 Å². The summed E-state index contributed by atoms with van der Waals surface area (Å²) >= 11 is 0. The lowest BCUT2D eigenvalue weighted by molar-refractivity contribution is -0.122. The Kier molecular flexibility index (Phi) is 11.2. The van der Waals surface area contributed by atoms with E-state index in [0.29, 0.717) is 25.9 Å². The normalized spacial score (nSPS) is 11.5. The van der Waals surface area contributed by atoms with Crippen molar-refractivity contribution >= 4 is 17.5 Å². The average molecular weight is 425 g/mol. The largest absolute Gasteiger partial charge is 0.489 e. The highest BCUT2D eigenvalue weighted by molar-refractivity contribution is 5.91. The van der Waals surface area contributed by atoms with E-state index < -0.39 is 0 Å². The van der Waals surface area contributed by atoms with Gasteiger partial charge in [0.05, 0.1) is 0 Å². The Morgan fingerprint density at radius 2 is 1.58 bits per heavy atom. The predicted molar refractivity (Wildman–Crippen MR) is 126 cm³/mol. The van der Waals surface area contributed by atoms with E-state index >= 15 is 0 Å². The molecule has 31 heavy (non-hydrogen) atoms. The molecule has 0 spiro atoms. The number of hydrogen-bond donors (Lipinski definition) is 2. The Morgan fingerprint density at radius 3 is 2.29 bits per heavy atom. The second-order valence-electron chi connectivity index (χ2n) is 8.02. The van der Waals surface area contributed by atoms with Gasteiger partial charge in [-0.15, -0.1) is 0 Å². The first kappa shape index (κ1) is 24.4. The molecule has 0 heterocycles. The zero-order valence-corrected chi connectivity index (χ0v) is 18.9. The highest BCUT2D eigenvalue weighted by Gasteiger charge is 2.09. The lowest BCUT2D eigenvalue weighted by Crippen LogP contribution is -2.32. The van der Waals surface area contributed by atoms with Crippen LogP contribution in [-0.4, -0.2) is 17.9 Å². The molecule has 0 bridgehead atoms. The van der Waals surface area contributed by atoms with Crippen molar-refractivity contribution in [1.29, 1.82) is 0 Å². The smallest absolute Gasteiger partial charge is 0.224 e. The van der Waals surface area contributed by atoms with E-state index in [0.717, 1.165) is 29.8 Å². The van der Waals surface area contributed by atoms with E-state index in [1.807, 2.05) is 61.5 Å². The molecule has 2 rings (SSSR count). The Hall–Kier alpha value is -2.82. The first-order valence-corrected chi connectivity index (χ1v) is 11.4. The van der Waals surface area contributed by atoms with Crippen LogP contribution in [-0.2, 0) is 16.2 Å². The molecule has 2 N–H and O–H groups in total. The van der Waals surface area contributed by atoms with Gasteiger partial charge < -0.3 is 15.4 Å². The Morgan fingerprint density at radius 1 is 0.871 bits per heavy atom. The lowest BCUT2D eigenvalue weighted by atomic mass is 10.1. The second-order valence-corrected chi connectivity index (χ2v) is 8.02. The van der Waals surface area contributed by atoms with Crippen molar-refractivity contribution < 1.29 is 14.3 Å². The van der Waals surface area contributed by atoms with Gasteiger partial charge in [0, 0.05) is 24.6 Å². The fourth-order valence-electron chi connectivity index (χ4n) is 3.30. The highest BCUT2D eigenvalue weighted by atomic mass is 16.5. The van der Waals surface area contributed by atoms with Gasteiger partial charge in [-0.3, -0.25) is 9.59 Å². The summed E-state index contributed by atoms with van der Waals surface area (Å²) in [7, 11) is 0. The number of hydrogen-bond acceptors (Lipinski definition) is 3. The van der Waals surface area contributed by atoms with Crippen LogP contribution in [0.2, 0.25) is 0 Å². The molecule has 1 unspecified atom stereocenters. The quantitative estimate of drug-likeness (QED) is 0.374. The van der Waals surface area contributed by atoms with E-state index in [9.17, 15) is 9.59 Å². The zero-order valence-electron chi connectivity index (χ0n) is 18.9. The van der Waals surface area contributed by atoms with Crippen LogP contribution in [0.15, 0.2) is 54.6 Å². The summed E-state index contributed by atoms with van der Waals surface area (Å²) in [6.07, 6.45) is 7.08. The summed E-state index contributed by atoms with van der Waals surface area (Å²) in [5, 5.41) is 5.90. The molecule has 168 valence electrons. The van der Waals surface area contributed by atoms with Crippen LogP contribution in [0.3, 0.4) is 0 Å². The maximum atomic E-state index is 12.1. The molecule has 0 aliphatic carbocycles. The number of unbranched alkanes of at least 4 members (excludes halogenated alkanes) is 3. The summed E-state index contributed by atoms with van der Waals surface area (Å²) in [4.78, 5) is 24.2. The topological polar surface area (TPSA) is 67.4 Å². The van der Waals surface area contributed by atoms with E-state index in [1.165, 1.54) is 19.3 Å². The molecule has 2 aromatic rings. The third-order valence-electron chi connectivity index (χ3n) is 5.09. The number of rotatable bonds is 14. The van der Waals surface area contributed by atoms with E-state index in [-0.39, 0.29) is 17.9 Å². The fraction of sp³-hybridized carbons (Fsp3) is 0.462. The number of carbonyl (C=O) groups excluding carboxylic acids is 2. The number of ether oxygens (including phenoxy) is 1. The molecule has 0 saturated heterocycles. The molecular weight excluding hydrogens is 388 g/mol. The summed E-state index contributed by atoms with van der Waals surface area (Å²) in [5.41, 5.74) is 1.83. The van der Waals surface area contributed by atoms with Crippen LogP contribution in [0.25, 0.3) is 0 Å². The van der Waals surface area contributed by atoms with Gasteiger partial charge in [-0.1, -0.05) is 62.9 Å². The van der Waals surface area contributed by atoms with Crippen LogP contribution >= 0.6 is 0 Å². The highest BCUT2D eigenvalue weighted by Crippen LogP contribution is 2.17. The number of anilines is 1.